The Morgan fingerprint density at radius 2 is 1.91 bits per heavy atom. The van der Waals surface area contributed by atoms with Gasteiger partial charge in [0, 0.05) is 29.4 Å². The molecule has 118 valence electrons. The lowest BCUT2D eigenvalue weighted by atomic mass is 10.1. The zero-order valence-electron chi connectivity index (χ0n) is 13.1. The lowest BCUT2D eigenvalue weighted by molar-refractivity contribution is 0.575. The fourth-order valence-corrected chi connectivity index (χ4v) is 3.42. The number of hydrogen-bond acceptors (Lipinski definition) is 3. The molecule has 0 amide bonds. The minimum atomic E-state index is 0.702. The van der Waals surface area contributed by atoms with Crippen LogP contribution in [0.1, 0.15) is 25.0 Å². The van der Waals surface area contributed by atoms with Crippen LogP contribution in [0.4, 0.5) is 5.82 Å². The first-order valence-corrected chi connectivity index (χ1v) is 8.47. The van der Waals surface area contributed by atoms with Gasteiger partial charge in [-0.05, 0) is 44.4 Å². The number of nitrogens with one attached hydrogen (secondary N) is 1. The lowest BCUT2D eigenvalue weighted by Gasteiger charge is -2.28. The highest BCUT2D eigenvalue weighted by Gasteiger charge is 2.18. The van der Waals surface area contributed by atoms with Crippen molar-refractivity contribution in [3.63, 3.8) is 0 Å². The molecule has 3 aromatic rings. The maximum Gasteiger partial charge on any atom is 0.163 e. The van der Waals surface area contributed by atoms with Gasteiger partial charge in [-0.25, -0.2) is 9.97 Å². The Balaban J connectivity index is 1.89. The third-order valence-electron chi connectivity index (χ3n) is 4.34. The summed E-state index contributed by atoms with van der Waals surface area (Å²) in [6.45, 7) is 4.18. The normalized spacial score (nSPS) is 15.3. The molecule has 0 aliphatic carbocycles. The van der Waals surface area contributed by atoms with E-state index in [4.69, 9.17) is 21.6 Å². The zero-order chi connectivity index (χ0) is 15.8. The van der Waals surface area contributed by atoms with Crippen LogP contribution in [-0.2, 0) is 0 Å². The number of benzene rings is 1. The van der Waals surface area contributed by atoms with Crippen LogP contribution in [0.5, 0.6) is 0 Å². The first kappa shape index (κ1) is 14.5. The van der Waals surface area contributed by atoms with Gasteiger partial charge in [-0.3, -0.25) is 0 Å². The fraction of sp³-hybridized carbons (Fsp3) is 0.333. The number of aryl methyl sites for hydroxylation is 1. The van der Waals surface area contributed by atoms with E-state index >= 15 is 0 Å². The predicted octanol–water partition coefficient (Wildman–Crippen LogP) is 4.58. The van der Waals surface area contributed by atoms with Crippen molar-refractivity contribution in [2.24, 2.45) is 0 Å². The van der Waals surface area contributed by atoms with Crippen molar-refractivity contribution in [2.75, 3.05) is 18.0 Å². The van der Waals surface area contributed by atoms with E-state index in [0.717, 1.165) is 47.0 Å². The molecule has 3 heterocycles. The Bertz CT molecular complexity index is 849. The molecule has 5 heteroatoms. The van der Waals surface area contributed by atoms with Crippen molar-refractivity contribution in [1.29, 1.82) is 0 Å². The molecule has 0 saturated carbocycles. The van der Waals surface area contributed by atoms with Gasteiger partial charge in [0.1, 0.15) is 11.5 Å². The number of nitrogens with zero attached hydrogens (tertiary/aromatic N) is 3. The molecule has 1 N–H and O–H groups in total. The van der Waals surface area contributed by atoms with Gasteiger partial charge in [-0.1, -0.05) is 23.7 Å². The molecule has 0 atom stereocenters. The number of anilines is 1. The molecule has 2 aromatic heterocycles. The average Bonchev–Trinajstić information content (AvgIpc) is 2.95. The van der Waals surface area contributed by atoms with Crippen molar-refractivity contribution in [2.45, 2.75) is 26.2 Å². The van der Waals surface area contributed by atoms with E-state index in [-0.39, 0.29) is 0 Å². The van der Waals surface area contributed by atoms with E-state index < -0.39 is 0 Å². The molecule has 0 unspecified atom stereocenters. The van der Waals surface area contributed by atoms with E-state index in [1.807, 2.05) is 24.3 Å². The van der Waals surface area contributed by atoms with E-state index in [0.29, 0.717) is 5.02 Å². The monoisotopic (exact) mass is 326 g/mol. The topological polar surface area (TPSA) is 44.8 Å². The van der Waals surface area contributed by atoms with Crippen LogP contribution in [0.2, 0.25) is 5.02 Å². The van der Waals surface area contributed by atoms with Gasteiger partial charge in [0.2, 0.25) is 0 Å². The van der Waals surface area contributed by atoms with E-state index in [2.05, 4.69) is 22.9 Å². The van der Waals surface area contributed by atoms with E-state index in [1.54, 1.807) is 0 Å². The number of fused-ring (bicyclic) bond motifs is 1. The Morgan fingerprint density at radius 3 is 2.70 bits per heavy atom. The molecule has 4 rings (SSSR count). The van der Waals surface area contributed by atoms with Crippen LogP contribution < -0.4 is 4.90 Å². The molecule has 1 aromatic carbocycles. The number of halogens is 1. The molecular formula is C18H19ClN4. The molecular weight excluding hydrogens is 308 g/mol. The van der Waals surface area contributed by atoms with Crippen molar-refractivity contribution in [3.05, 3.63) is 41.0 Å². The average molecular weight is 327 g/mol. The summed E-state index contributed by atoms with van der Waals surface area (Å²) in [6.07, 6.45) is 3.75. The quantitative estimate of drug-likeness (QED) is 0.750. The van der Waals surface area contributed by atoms with E-state index in [1.165, 1.54) is 19.3 Å². The highest BCUT2D eigenvalue weighted by Crippen LogP contribution is 2.30. The van der Waals surface area contributed by atoms with E-state index in [9.17, 15) is 0 Å². The second-order valence-electron chi connectivity index (χ2n) is 6.14. The molecule has 0 radical (unpaired) electrons. The van der Waals surface area contributed by atoms with Crippen LogP contribution in [-0.4, -0.2) is 28.0 Å². The summed E-state index contributed by atoms with van der Waals surface area (Å²) in [5.74, 6) is 1.76. The number of H-pyrrole nitrogens is 1. The number of aromatic nitrogens is 3. The number of aromatic amines is 1. The standard InChI is InChI=1S/C18H19ClN4/c1-12-10-15-17(20-12)21-16(13-6-5-7-14(19)11-13)22-18(15)23-8-3-2-4-9-23/h5-7,10-11H,2-4,8-9H2,1H3,(H,20,21,22). The Morgan fingerprint density at radius 1 is 1.09 bits per heavy atom. The van der Waals surface area contributed by atoms with Crippen molar-refractivity contribution in [3.8, 4) is 11.4 Å². The second kappa shape index (κ2) is 5.85. The smallest absolute Gasteiger partial charge is 0.163 e. The molecule has 1 saturated heterocycles. The Labute approximate surface area is 140 Å². The Hall–Kier alpha value is -2.07. The summed E-state index contributed by atoms with van der Waals surface area (Å²) in [4.78, 5) is 15.3. The summed E-state index contributed by atoms with van der Waals surface area (Å²) in [5.41, 5.74) is 2.95. The summed E-state index contributed by atoms with van der Waals surface area (Å²) >= 11 is 6.13. The van der Waals surface area contributed by atoms with Crippen molar-refractivity contribution in [1.82, 2.24) is 15.0 Å². The van der Waals surface area contributed by atoms with Gasteiger partial charge in [0.05, 0.1) is 5.39 Å². The zero-order valence-corrected chi connectivity index (χ0v) is 13.9. The van der Waals surface area contributed by atoms with Gasteiger partial charge >= 0.3 is 0 Å². The molecule has 0 bridgehead atoms. The first-order valence-electron chi connectivity index (χ1n) is 8.09. The van der Waals surface area contributed by atoms with Gasteiger partial charge in [-0.2, -0.15) is 0 Å². The van der Waals surface area contributed by atoms with Crippen molar-refractivity contribution >= 4 is 28.5 Å². The minimum Gasteiger partial charge on any atom is -0.356 e. The first-order chi connectivity index (χ1) is 11.2. The summed E-state index contributed by atoms with van der Waals surface area (Å²) in [5, 5.41) is 1.81. The highest BCUT2D eigenvalue weighted by molar-refractivity contribution is 6.30. The second-order valence-corrected chi connectivity index (χ2v) is 6.58. The largest absolute Gasteiger partial charge is 0.356 e. The van der Waals surface area contributed by atoms with Crippen molar-refractivity contribution < 1.29 is 0 Å². The summed E-state index contributed by atoms with van der Waals surface area (Å²) in [7, 11) is 0. The predicted molar refractivity (Wildman–Crippen MR) is 95.1 cm³/mol. The van der Waals surface area contributed by atoms with Gasteiger partial charge in [0.15, 0.2) is 5.82 Å². The maximum absolute atomic E-state index is 6.13. The molecule has 4 nitrogen and oxygen atoms in total. The highest BCUT2D eigenvalue weighted by atomic mass is 35.5. The fourth-order valence-electron chi connectivity index (χ4n) is 3.23. The third kappa shape index (κ3) is 2.79. The molecule has 23 heavy (non-hydrogen) atoms. The van der Waals surface area contributed by atoms with Crippen LogP contribution in [0.3, 0.4) is 0 Å². The third-order valence-corrected chi connectivity index (χ3v) is 4.58. The van der Waals surface area contributed by atoms with Crippen LogP contribution in [0, 0.1) is 6.92 Å². The SMILES string of the molecule is Cc1cc2c(N3CCCCC3)nc(-c3cccc(Cl)c3)nc2[nH]1. The van der Waals surface area contributed by atoms with Crippen LogP contribution in [0.15, 0.2) is 30.3 Å². The number of piperidine rings is 1. The lowest BCUT2D eigenvalue weighted by Crippen LogP contribution is -2.30. The number of hydrogen-bond donors (Lipinski definition) is 1. The summed E-state index contributed by atoms with van der Waals surface area (Å²) < 4.78 is 0. The maximum atomic E-state index is 6.13. The molecule has 0 spiro atoms. The van der Waals surface area contributed by atoms with Crippen LogP contribution >= 0.6 is 11.6 Å². The number of rotatable bonds is 2. The van der Waals surface area contributed by atoms with Gasteiger partial charge in [0.25, 0.3) is 0 Å². The van der Waals surface area contributed by atoms with Gasteiger partial charge in [-0.15, -0.1) is 0 Å². The molecule has 1 aliphatic rings. The Kier molecular flexibility index (Phi) is 3.69. The van der Waals surface area contributed by atoms with Gasteiger partial charge < -0.3 is 9.88 Å². The summed E-state index contributed by atoms with van der Waals surface area (Å²) in [6, 6.07) is 9.86. The molecule has 1 aliphatic heterocycles. The minimum absolute atomic E-state index is 0.702. The molecule has 1 fully saturated rings. The van der Waals surface area contributed by atoms with Crippen LogP contribution in [0.25, 0.3) is 22.4 Å².